The van der Waals surface area contributed by atoms with Crippen LogP contribution in [0.2, 0.25) is 0 Å². The van der Waals surface area contributed by atoms with E-state index in [1.807, 2.05) is 5.32 Å². The maximum atomic E-state index is 12.7. The lowest BCUT2D eigenvalue weighted by atomic mass is 10.2. The number of amides is 1. The zero-order valence-corrected chi connectivity index (χ0v) is 6.88. The molecule has 1 heterocycles. The van der Waals surface area contributed by atoms with Crippen molar-refractivity contribution in [3.05, 3.63) is 18.2 Å². The number of halogens is 2. The van der Waals surface area contributed by atoms with Crippen LogP contribution in [0, 0.1) is 0 Å². The average Bonchev–Trinajstić information content (AvgIpc) is 2.07. The predicted molar refractivity (Wildman–Crippen MR) is 45.1 cm³/mol. The maximum absolute atomic E-state index is 12.7. The van der Waals surface area contributed by atoms with Gasteiger partial charge in [-0.2, -0.15) is 8.78 Å². The summed E-state index contributed by atoms with van der Waals surface area (Å²) in [6.07, 6.45) is -3.83. The molecule has 1 amide bonds. The van der Waals surface area contributed by atoms with Gasteiger partial charge in [-0.05, 0) is 12.1 Å². The zero-order chi connectivity index (χ0) is 10.3. The van der Waals surface area contributed by atoms with Crippen LogP contribution in [-0.2, 0) is 4.79 Å². The second-order valence-corrected chi connectivity index (χ2v) is 2.83. The molecule has 0 radical (unpaired) electrons. The summed E-state index contributed by atoms with van der Waals surface area (Å²) in [5.74, 6) is -1.61. The second-order valence-electron chi connectivity index (χ2n) is 2.83. The molecule has 4 nitrogen and oxygen atoms in total. The van der Waals surface area contributed by atoms with Gasteiger partial charge in [0.2, 0.25) is 0 Å². The van der Waals surface area contributed by atoms with Crippen LogP contribution >= 0.6 is 0 Å². The molecule has 1 aliphatic heterocycles. The number of rotatable bonds is 0. The fourth-order valence-electron chi connectivity index (χ4n) is 1.11. The van der Waals surface area contributed by atoms with Gasteiger partial charge in [0.15, 0.2) is 5.75 Å². The van der Waals surface area contributed by atoms with E-state index in [0.29, 0.717) is 0 Å². The van der Waals surface area contributed by atoms with Gasteiger partial charge in [-0.25, -0.2) is 0 Å². The quantitative estimate of drug-likeness (QED) is 0.618. The highest BCUT2D eigenvalue weighted by atomic mass is 19.3. The molecule has 0 fully saturated rings. The van der Waals surface area contributed by atoms with E-state index < -0.39 is 12.0 Å². The highest BCUT2D eigenvalue weighted by molar-refractivity contribution is 5.98. The molecule has 2 rings (SSSR count). The van der Waals surface area contributed by atoms with E-state index in [0.717, 1.165) is 0 Å². The highest BCUT2D eigenvalue weighted by Gasteiger charge is 2.46. The van der Waals surface area contributed by atoms with E-state index in [9.17, 15) is 13.6 Å². The summed E-state index contributed by atoms with van der Waals surface area (Å²) in [4.78, 5) is 10.7. The first kappa shape index (κ1) is 8.74. The molecule has 0 spiro atoms. The van der Waals surface area contributed by atoms with Gasteiger partial charge in [-0.3, -0.25) is 4.79 Å². The summed E-state index contributed by atoms with van der Waals surface area (Å²) in [6, 6.07) is 4.10. The summed E-state index contributed by atoms with van der Waals surface area (Å²) in [6.45, 7) is 0. The summed E-state index contributed by atoms with van der Waals surface area (Å²) in [5, 5.41) is 2.01. The first-order valence-electron chi connectivity index (χ1n) is 3.77. The number of hydrogen-bond acceptors (Lipinski definition) is 3. The first-order chi connectivity index (χ1) is 6.49. The summed E-state index contributed by atoms with van der Waals surface area (Å²) in [5.41, 5.74) is 5.85. The van der Waals surface area contributed by atoms with Crippen molar-refractivity contribution in [2.24, 2.45) is 0 Å². The van der Waals surface area contributed by atoms with Crippen molar-refractivity contribution >= 4 is 17.3 Å². The van der Waals surface area contributed by atoms with Crippen molar-refractivity contribution in [3.63, 3.8) is 0 Å². The standard InChI is InChI=1S/C8H6F2N2O2/c9-8(10)7(13)12-5-2-1-4(11)3-6(5)14-8/h1-3H,11H2,(H,12,13). The van der Waals surface area contributed by atoms with Crippen LogP contribution in [0.3, 0.4) is 0 Å². The molecule has 1 aromatic carbocycles. The SMILES string of the molecule is Nc1ccc2c(c1)OC(F)(F)C(=O)N2. The van der Waals surface area contributed by atoms with Gasteiger partial charge in [-0.15, -0.1) is 0 Å². The molecule has 74 valence electrons. The molecule has 0 saturated heterocycles. The molecule has 1 aliphatic rings. The minimum Gasteiger partial charge on any atom is -0.423 e. The third-order valence-corrected chi connectivity index (χ3v) is 1.76. The van der Waals surface area contributed by atoms with Crippen molar-refractivity contribution in [3.8, 4) is 5.75 Å². The Morgan fingerprint density at radius 2 is 2.14 bits per heavy atom. The number of ether oxygens (including phenoxy) is 1. The molecule has 0 unspecified atom stereocenters. The van der Waals surface area contributed by atoms with Crippen molar-refractivity contribution in [2.45, 2.75) is 6.11 Å². The molecule has 14 heavy (non-hydrogen) atoms. The number of nitrogens with two attached hydrogens (primary N) is 1. The minimum atomic E-state index is -3.83. The Bertz CT molecular complexity index is 406. The number of anilines is 2. The first-order valence-corrected chi connectivity index (χ1v) is 3.77. The largest absolute Gasteiger partial charge is 0.482 e. The summed E-state index contributed by atoms with van der Waals surface area (Å²) in [7, 11) is 0. The van der Waals surface area contributed by atoms with Crippen LogP contribution in [-0.4, -0.2) is 12.0 Å². The Kier molecular flexibility index (Phi) is 1.60. The average molecular weight is 200 g/mol. The fourth-order valence-corrected chi connectivity index (χ4v) is 1.11. The molecule has 6 heteroatoms. The third-order valence-electron chi connectivity index (χ3n) is 1.76. The van der Waals surface area contributed by atoms with E-state index in [-0.39, 0.29) is 17.1 Å². The maximum Gasteiger partial charge on any atom is 0.482 e. The third kappa shape index (κ3) is 1.24. The zero-order valence-electron chi connectivity index (χ0n) is 6.88. The number of carbonyl (C=O) groups is 1. The van der Waals surface area contributed by atoms with Crippen LogP contribution in [0.25, 0.3) is 0 Å². The van der Waals surface area contributed by atoms with Crippen LogP contribution in [0.1, 0.15) is 0 Å². The fraction of sp³-hybridized carbons (Fsp3) is 0.125. The van der Waals surface area contributed by atoms with Gasteiger partial charge in [0.25, 0.3) is 0 Å². The van der Waals surface area contributed by atoms with E-state index in [1.54, 1.807) is 0 Å². The van der Waals surface area contributed by atoms with Gasteiger partial charge >= 0.3 is 12.0 Å². The Morgan fingerprint density at radius 3 is 2.86 bits per heavy atom. The molecule has 0 bridgehead atoms. The van der Waals surface area contributed by atoms with Crippen LogP contribution < -0.4 is 15.8 Å². The molecule has 1 aromatic rings. The lowest BCUT2D eigenvalue weighted by molar-refractivity contribution is -0.189. The van der Waals surface area contributed by atoms with Crippen LogP contribution in [0.15, 0.2) is 18.2 Å². The Labute approximate surface area is 77.7 Å². The Balaban J connectivity index is 2.46. The van der Waals surface area contributed by atoms with Crippen LogP contribution in [0.4, 0.5) is 20.2 Å². The Hall–Kier alpha value is -1.85. The molecule has 0 atom stereocenters. The van der Waals surface area contributed by atoms with Crippen molar-refractivity contribution in [1.29, 1.82) is 0 Å². The van der Waals surface area contributed by atoms with Crippen molar-refractivity contribution in [1.82, 2.24) is 0 Å². The van der Waals surface area contributed by atoms with Gasteiger partial charge in [0.1, 0.15) is 0 Å². The van der Waals surface area contributed by atoms with Gasteiger partial charge in [-0.1, -0.05) is 0 Å². The lowest BCUT2D eigenvalue weighted by Gasteiger charge is -2.24. The monoisotopic (exact) mass is 200 g/mol. The lowest BCUT2D eigenvalue weighted by Crippen LogP contribution is -2.43. The number of nitrogen functional groups attached to an aromatic ring is 1. The number of hydrogen-bond donors (Lipinski definition) is 2. The van der Waals surface area contributed by atoms with Crippen molar-refractivity contribution in [2.75, 3.05) is 11.1 Å². The van der Waals surface area contributed by atoms with Gasteiger partial charge < -0.3 is 15.8 Å². The second kappa shape index (κ2) is 2.57. The number of carbonyl (C=O) groups excluding carboxylic acids is 1. The highest BCUT2D eigenvalue weighted by Crippen LogP contribution is 2.36. The molecule has 0 aliphatic carbocycles. The normalized spacial score (nSPS) is 18.0. The molecule has 0 aromatic heterocycles. The van der Waals surface area contributed by atoms with Gasteiger partial charge in [0.05, 0.1) is 5.69 Å². The van der Waals surface area contributed by atoms with Gasteiger partial charge in [0, 0.05) is 11.8 Å². The van der Waals surface area contributed by atoms with E-state index in [4.69, 9.17) is 5.73 Å². The number of fused-ring (bicyclic) bond motifs is 1. The smallest absolute Gasteiger partial charge is 0.423 e. The van der Waals surface area contributed by atoms with Crippen LogP contribution in [0.5, 0.6) is 5.75 Å². The molecule has 0 saturated carbocycles. The molecule has 3 N–H and O–H groups in total. The number of nitrogens with one attached hydrogen (secondary N) is 1. The summed E-state index contributed by atoms with van der Waals surface area (Å²) < 4.78 is 29.7. The Morgan fingerprint density at radius 1 is 1.43 bits per heavy atom. The molecular weight excluding hydrogens is 194 g/mol. The topological polar surface area (TPSA) is 64.3 Å². The van der Waals surface area contributed by atoms with E-state index >= 15 is 0 Å². The summed E-state index contributed by atoms with van der Waals surface area (Å²) >= 11 is 0. The molecular formula is C8H6F2N2O2. The predicted octanol–water partition coefficient (Wildman–Crippen LogP) is 1.19. The number of alkyl halides is 2. The van der Waals surface area contributed by atoms with Crippen molar-refractivity contribution < 1.29 is 18.3 Å². The van der Waals surface area contributed by atoms with E-state index in [1.165, 1.54) is 18.2 Å². The van der Waals surface area contributed by atoms with E-state index in [2.05, 4.69) is 4.74 Å². The number of benzene rings is 1. The minimum absolute atomic E-state index is 0.130.